The largest absolute Gasteiger partial charge is 0.493 e. The van der Waals surface area contributed by atoms with E-state index in [0.29, 0.717) is 29.0 Å². The van der Waals surface area contributed by atoms with E-state index in [9.17, 15) is 14.7 Å². The normalized spacial score (nSPS) is 11.6. The van der Waals surface area contributed by atoms with Crippen LogP contribution in [-0.2, 0) is 17.8 Å². The number of benzene rings is 3. The van der Waals surface area contributed by atoms with Crippen LogP contribution in [0.15, 0.2) is 60.7 Å². The monoisotopic (exact) mass is 523 g/mol. The zero-order valence-corrected chi connectivity index (χ0v) is 22.1. The van der Waals surface area contributed by atoms with E-state index < -0.39 is 23.7 Å². The molecular weight excluding hydrogens is 489 g/mol. The first-order valence-electron chi connectivity index (χ1n) is 12.5. The van der Waals surface area contributed by atoms with E-state index in [0.717, 1.165) is 5.56 Å². The molecular formula is C30H34FNO6. The number of halogens is 1. The molecule has 1 unspecified atom stereocenters. The predicted molar refractivity (Wildman–Crippen MR) is 142 cm³/mol. The number of carbonyl (C=O) groups is 2. The Bertz CT molecular complexity index is 1240. The summed E-state index contributed by atoms with van der Waals surface area (Å²) in [5.41, 5.74) is 1.94. The maximum atomic E-state index is 15.2. The number of aliphatic carboxylic acids is 1. The van der Waals surface area contributed by atoms with E-state index in [1.54, 1.807) is 12.1 Å². The van der Waals surface area contributed by atoms with Gasteiger partial charge >= 0.3 is 5.97 Å². The average Bonchev–Trinajstić information content (AvgIpc) is 2.90. The number of nitrogens with one attached hydrogen (secondary N) is 1. The summed E-state index contributed by atoms with van der Waals surface area (Å²) in [6.45, 7) is 4.19. The molecule has 0 saturated carbocycles. The van der Waals surface area contributed by atoms with Crippen LogP contribution in [0.3, 0.4) is 0 Å². The maximum absolute atomic E-state index is 15.2. The van der Waals surface area contributed by atoms with Gasteiger partial charge in [-0.25, -0.2) is 4.39 Å². The number of carboxylic acids is 1. The van der Waals surface area contributed by atoms with Crippen LogP contribution in [0.2, 0.25) is 0 Å². The van der Waals surface area contributed by atoms with Crippen LogP contribution in [0.4, 0.5) is 4.39 Å². The van der Waals surface area contributed by atoms with Gasteiger partial charge in [0.2, 0.25) is 0 Å². The third kappa shape index (κ3) is 7.71. The smallest absolute Gasteiger partial charge is 0.303 e. The van der Waals surface area contributed by atoms with Crippen molar-refractivity contribution >= 4 is 11.9 Å². The van der Waals surface area contributed by atoms with Crippen molar-refractivity contribution < 1.29 is 33.3 Å². The number of aryl methyl sites for hydroxylation is 1. The molecule has 38 heavy (non-hydrogen) atoms. The summed E-state index contributed by atoms with van der Waals surface area (Å²) in [4.78, 5) is 24.8. The van der Waals surface area contributed by atoms with Gasteiger partial charge < -0.3 is 24.6 Å². The topological polar surface area (TPSA) is 94.1 Å². The van der Waals surface area contributed by atoms with E-state index in [4.69, 9.17) is 14.2 Å². The van der Waals surface area contributed by atoms with Crippen LogP contribution in [-0.4, -0.2) is 31.2 Å². The maximum Gasteiger partial charge on any atom is 0.303 e. The van der Waals surface area contributed by atoms with Crippen LogP contribution in [0.1, 0.15) is 59.8 Å². The van der Waals surface area contributed by atoms with Crippen molar-refractivity contribution in [3.63, 3.8) is 0 Å². The van der Waals surface area contributed by atoms with Crippen molar-refractivity contribution in [1.82, 2.24) is 5.32 Å². The van der Waals surface area contributed by atoms with Crippen LogP contribution in [0.25, 0.3) is 0 Å². The summed E-state index contributed by atoms with van der Waals surface area (Å²) < 4.78 is 31.5. The highest BCUT2D eigenvalue weighted by molar-refractivity contribution is 5.96. The zero-order chi connectivity index (χ0) is 27.7. The fraction of sp³-hybridized carbons (Fsp3) is 0.333. The van der Waals surface area contributed by atoms with Crippen LogP contribution in [0.5, 0.6) is 17.2 Å². The van der Waals surface area contributed by atoms with Gasteiger partial charge in [-0.2, -0.15) is 0 Å². The molecule has 7 nitrogen and oxygen atoms in total. The molecule has 0 aliphatic heterocycles. The molecule has 2 N–H and O–H groups in total. The SMILES string of the molecule is COc1cc(F)c(C(CC(C)C)NC(=O)c2cc(COc3ccccc3)ccc2CCC(=O)O)cc1OC. The summed E-state index contributed by atoms with van der Waals surface area (Å²) in [5.74, 6) is -0.465. The molecule has 0 aliphatic rings. The number of amides is 1. The molecule has 0 heterocycles. The molecule has 0 aliphatic carbocycles. The van der Waals surface area contributed by atoms with Crippen molar-refractivity contribution in [3.05, 3.63) is 88.7 Å². The van der Waals surface area contributed by atoms with E-state index in [-0.39, 0.29) is 36.7 Å². The number of hydrogen-bond acceptors (Lipinski definition) is 5. The van der Waals surface area contributed by atoms with E-state index >= 15 is 4.39 Å². The third-order valence-electron chi connectivity index (χ3n) is 6.07. The molecule has 0 fully saturated rings. The summed E-state index contributed by atoms with van der Waals surface area (Å²) in [6.07, 6.45) is 0.525. The quantitative estimate of drug-likeness (QED) is 0.287. The molecule has 0 bridgehead atoms. The summed E-state index contributed by atoms with van der Waals surface area (Å²) in [5, 5.41) is 12.2. The van der Waals surface area contributed by atoms with Crippen LogP contribution < -0.4 is 19.5 Å². The minimum Gasteiger partial charge on any atom is -0.493 e. The highest BCUT2D eigenvalue weighted by Crippen LogP contribution is 2.34. The lowest BCUT2D eigenvalue weighted by atomic mass is 9.94. The number of para-hydroxylation sites is 1. The molecule has 1 atom stereocenters. The average molecular weight is 524 g/mol. The van der Waals surface area contributed by atoms with Gasteiger partial charge in [0.25, 0.3) is 5.91 Å². The molecule has 3 aromatic carbocycles. The zero-order valence-electron chi connectivity index (χ0n) is 22.1. The Labute approximate surface area is 222 Å². The van der Waals surface area contributed by atoms with Crippen molar-refractivity contribution in [3.8, 4) is 17.2 Å². The molecule has 3 rings (SSSR count). The van der Waals surface area contributed by atoms with Gasteiger partial charge in [0.05, 0.1) is 20.3 Å². The predicted octanol–water partition coefficient (Wildman–Crippen LogP) is 5.96. The van der Waals surface area contributed by atoms with E-state index in [1.807, 2.05) is 50.2 Å². The Morgan fingerprint density at radius 1 is 0.974 bits per heavy atom. The van der Waals surface area contributed by atoms with E-state index in [1.165, 1.54) is 26.4 Å². The van der Waals surface area contributed by atoms with Crippen molar-refractivity contribution in [2.75, 3.05) is 14.2 Å². The number of ether oxygens (including phenoxy) is 3. The summed E-state index contributed by atoms with van der Waals surface area (Å²) in [6, 6.07) is 16.7. The first kappa shape index (κ1) is 28.5. The second kappa shape index (κ2) is 13.5. The second-order valence-corrected chi connectivity index (χ2v) is 9.37. The minimum absolute atomic E-state index is 0.125. The van der Waals surface area contributed by atoms with Gasteiger partial charge in [0.15, 0.2) is 11.5 Å². The first-order chi connectivity index (χ1) is 18.2. The Kier molecular flexibility index (Phi) is 10.1. The Hall–Kier alpha value is -4.07. The Morgan fingerprint density at radius 3 is 2.29 bits per heavy atom. The Balaban J connectivity index is 1.93. The number of carboxylic acid groups (broad SMARTS) is 1. The lowest BCUT2D eigenvalue weighted by Crippen LogP contribution is -2.31. The number of rotatable bonds is 13. The molecule has 1 amide bonds. The van der Waals surface area contributed by atoms with Crippen LogP contribution >= 0.6 is 0 Å². The van der Waals surface area contributed by atoms with E-state index in [2.05, 4.69) is 5.32 Å². The van der Waals surface area contributed by atoms with Gasteiger partial charge in [-0.1, -0.05) is 44.2 Å². The van der Waals surface area contributed by atoms with Crippen molar-refractivity contribution in [1.29, 1.82) is 0 Å². The van der Waals surface area contributed by atoms with Crippen LogP contribution in [0, 0.1) is 11.7 Å². The van der Waals surface area contributed by atoms with Gasteiger partial charge in [-0.05, 0) is 54.2 Å². The molecule has 202 valence electrons. The van der Waals surface area contributed by atoms with Gasteiger partial charge in [-0.3, -0.25) is 9.59 Å². The van der Waals surface area contributed by atoms with Gasteiger partial charge in [0.1, 0.15) is 18.2 Å². The summed E-state index contributed by atoms with van der Waals surface area (Å²) >= 11 is 0. The molecule has 3 aromatic rings. The van der Waals surface area contributed by atoms with Gasteiger partial charge in [0, 0.05) is 23.6 Å². The van der Waals surface area contributed by atoms with Gasteiger partial charge in [-0.15, -0.1) is 0 Å². The molecule has 0 spiro atoms. The first-order valence-corrected chi connectivity index (χ1v) is 12.5. The third-order valence-corrected chi connectivity index (χ3v) is 6.07. The second-order valence-electron chi connectivity index (χ2n) is 9.37. The standard InChI is InChI=1S/C30H34FNO6/c1-19(2)14-26(24-16-27(36-3)28(37-4)17-25(24)31)32-30(35)23-15-20(10-11-21(23)12-13-29(33)34)18-38-22-8-6-5-7-9-22/h5-11,15-17,19,26H,12-14,18H2,1-4H3,(H,32,35)(H,33,34). The molecule has 0 aromatic heterocycles. The highest BCUT2D eigenvalue weighted by Gasteiger charge is 2.24. The minimum atomic E-state index is -0.960. The number of methoxy groups -OCH3 is 2. The molecule has 0 radical (unpaired) electrons. The van der Waals surface area contributed by atoms with Crippen molar-refractivity contribution in [2.24, 2.45) is 5.92 Å². The lowest BCUT2D eigenvalue weighted by molar-refractivity contribution is -0.136. The molecule has 8 heteroatoms. The fourth-order valence-electron chi connectivity index (χ4n) is 4.18. The fourth-order valence-corrected chi connectivity index (χ4v) is 4.18. The Morgan fingerprint density at radius 2 is 1.66 bits per heavy atom. The highest BCUT2D eigenvalue weighted by atomic mass is 19.1. The number of carbonyl (C=O) groups excluding carboxylic acids is 1. The summed E-state index contributed by atoms with van der Waals surface area (Å²) in [7, 11) is 2.89. The molecule has 0 saturated heterocycles. The van der Waals surface area contributed by atoms with Crippen molar-refractivity contribution in [2.45, 2.75) is 45.8 Å². The number of hydrogen-bond donors (Lipinski definition) is 2. The lowest BCUT2D eigenvalue weighted by Gasteiger charge is -2.24.